The SMILES string of the molecule is C[C@@H]1CC[C@]2(C(=O)O)CC[C@]3(C)C(=CCC4[C@@]5(C)C[C@@H](O)[C@@H](O)C(C)(C)C5CC[C@]43C)C2[C@H]1C. The summed E-state index contributed by atoms with van der Waals surface area (Å²) < 4.78 is 0. The number of aliphatic hydroxyl groups is 2. The van der Waals surface area contributed by atoms with Crippen LogP contribution >= 0.6 is 0 Å². The molecule has 4 saturated carbocycles. The maximum absolute atomic E-state index is 12.8. The molecule has 4 heteroatoms. The van der Waals surface area contributed by atoms with Gasteiger partial charge in [0.1, 0.15) is 0 Å². The van der Waals surface area contributed by atoms with Gasteiger partial charge in [-0.25, -0.2) is 0 Å². The number of aliphatic carboxylic acids is 1. The quantitative estimate of drug-likeness (QED) is 0.405. The highest BCUT2D eigenvalue weighted by atomic mass is 16.4. The third-order valence-corrected chi connectivity index (χ3v) is 13.4. The Morgan fingerprint density at radius 3 is 2.26 bits per heavy atom. The Balaban J connectivity index is 1.62. The molecule has 3 unspecified atom stereocenters. The zero-order valence-corrected chi connectivity index (χ0v) is 22.5. The number of rotatable bonds is 1. The molecule has 0 amide bonds. The minimum atomic E-state index is -0.679. The molecule has 4 fully saturated rings. The van der Waals surface area contributed by atoms with Gasteiger partial charge in [-0.1, -0.05) is 60.1 Å². The van der Waals surface area contributed by atoms with Gasteiger partial charge >= 0.3 is 5.97 Å². The summed E-state index contributed by atoms with van der Waals surface area (Å²) in [4.78, 5) is 12.8. The van der Waals surface area contributed by atoms with Gasteiger partial charge in [0.2, 0.25) is 0 Å². The minimum Gasteiger partial charge on any atom is -0.481 e. The van der Waals surface area contributed by atoms with E-state index in [0.717, 1.165) is 44.9 Å². The molecular formula is C30H48O4. The number of aliphatic hydroxyl groups excluding tert-OH is 2. The van der Waals surface area contributed by atoms with Crippen LogP contribution in [0.5, 0.6) is 0 Å². The van der Waals surface area contributed by atoms with Crippen LogP contribution in [-0.2, 0) is 4.79 Å². The second kappa shape index (κ2) is 7.34. The van der Waals surface area contributed by atoms with E-state index in [4.69, 9.17) is 0 Å². The second-order valence-electron chi connectivity index (χ2n) is 14.6. The van der Waals surface area contributed by atoms with E-state index in [9.17, 15) is 20.1 Å². The molecule has 11 atom stereocenters. The highest BCUT2D eigenvalue weighted by Crippen LogP contribution is 2.75. The standard InChI is InChI=1S/C30H48O4/c1-17-10-13-30(25(33)34)15-14-28(6)19(23(30)18(17)2)8-9-22-27(5)16-20(31)24(32)26(3,4)21(27)11-12-29(22,28)7/h8,17-18,20-24,31-32H,9-16H2,1-7H3,(H,33,34)/t17-,18+,20-,21?,22?,23?,24-,27+,28-,29-,30+/m1/s1. The van der Waals surface area contributed by atoms with Crippen LogP contribution in [0.2, 0.25) is 0 Å². The molecule has 0 aromatic heterocycles. The first-order valence-corrected chi connectivity index (χ1v) is 14.0. The monoisotopic (exact) mass is 472 g/mol. The summed E-state index contributed by atoms with van der Waals surface area (Å²) in [5, 5.41) is 32.4. The lowest BCUT2D eigenvalue weighted by molar-refractivity contribution is -0.232. The molecule has 0 saturated heterocycles. The minimum absolute atomic E-state index is 0.00993. The van der Waals surface area contributed by atoms with Gasteiger partial charge in [0.05, 0.1) is 17.6 Å². The maximum Gasteiger partial charge on any atom is 0.310 e. The number of carbonyl (C=O) groups is 1. The molecule has 192 valence electrons. The van der Waals surface area contributed by atoms with Crippen LogP contribution in [0.25, 0.3) is 0 Å². The molecule has 0 aromatic carbocycles. The van der Waals surface area contributed by atoms with Crippen molar-refractivity contribution >= 4 is 5.97 Å². The first-order chi connectivity index (χ1) is 15.7. The van der Waals surface area contributed by atoms with Gasteiger partial charge in [-0.2, -0.15) is 0 Å². The summed E-state index contributed by atoms with van der Waals surface area (Å²) in [5.41, 5.74) is 0.574. The highest BCUT2D eigenvalue weighted by molar-refractivity contribution is 5.76. The van der Waals surface area contributed by atoms with Crippen LogP contribution in [0.1, 0.15) is 99.8 Å². The topological polar surface area (TPSA) is 77.8 Å². The Bertz CT molecular complexity index is 907. The largest absolute Gasteiger partial charge is 0.481 e. The first kappa shape index (κ1) is 24.8. The van der Waals surface area contributed by atoms with Crippen LogP contribution in [0.15, 0.2) is 11.6 Å². The summed E-state index contributed by atoms with van der Waals surface area (Å²) in [7, 11) is 0. The number of hydrogen-bond acceptors (Lipinski definition) is 3. The Hall–Kier alpha value is -0.870. The fourth-order valence-electron chi connectivity index (χ4n) is 11.0. The fraction of sp³-hybridized carbons (Fsp3) is 0.900. The number of hydrogen-bond donors (Lipinski definition) is 3. The van der Waals surface area contributed by atoms with Crippen molar-refractivity contribution in [3.63, 3.8) is 0 Å². The molecule has 5 aliphatic rings. The van der Waals surface area contributed by atoms with E-state index in [1.54, 1.807) is 0 Å². The van der Waals surface area contributed by atoms with E-state index in [2.05, 4.69) is 54.5 Å². The summed E-state index contributed by atoms with van der Waals surface area (Å²) >= 11 is 0. The van der Waals surface area contributed by atoms with Crippen molar-refractivity contribution in [3.05, 3.63) is 11.6 Å². The zero-order valence-electron chi connectivity index (χ0n) is 22.5. The molecule has 5 aliphatic carbocycles. The van der Waals surface area contributed by atoms with Crippen LogP contribution in [0.4, 0.5) is 0 Å². The summed E-state index contributed by atoms with van der Waals surface area (Å²) in [6.07, 6.45) is 8.53. The fourth-order valence-corrected chi connectivity index (χ4v) is 11.0. The van der Waals surface area contributed by atoms with E-state index < -0.39 is 23.6 Å². The molecule has 3 N–H and O–H groups in total. The van der Waals surface area contributed by atoms with Gasteiger partial charge in [-0.3, -0.25) is 4.79 Å². The molecule has 0 aliphatic heterocycles. The predicted octanol–water partition coefficient (Wildman–Crippen LogP) is 6.06. The van der Waals surface area contributed by atoms with Crippen LogP contribution in [-0.4, -0.2) is 33.5 Å². The van der Waals surface area contributed by atoms with Crippen LogP contribution < -0.4 is 0 Å². The maximum atomic E-state index is 12.8. The molecule has 0 bridgehead atoms. The van der Waals surface area contributed by atoms with Crippen molar-refractivity contribution in [3.8, 4) is 0 Å². The van der Waals surface area contributed by atoms with E-state index in [1.807, 2.05) is 0 Å². The van der Waals surface area contributed by atoms with Gasteiger partial charge in [0.15, 0.2) is 0 Å². The van der Waals surface area contributed by atoms with Crippen molar-refractivity contribution in [1.29, 1.82) is 0 Å². The summed E-state index contributed by atoms with van der Waals surface area (Å²) in [6.45, 7) is 16.3. The van der Waals surface area contributed by atoms with Crippen LogP contribution in [0, 0.1) is 56.7 Å². The third-order valence-electron chi connectivity index (χ3n) is 13.4. The van der Waals surface area contributed by atoms with E-state index in [1.165, 1.54) is 5.57 Å². The Labute approximate surface area is 206 Å². The third kappa shape index (κ3) is 2.76. The Morgan fingerprint density at radius 1 is 0.941 bits per heavy atom. The zero-order chi connectivity index (χ0) is 25.1. The van der Waals surface area contributed by atoms with E-state index in [-0.39, 0.29) is 27.6 Å². The normalized spacial score (nSPS) is 56.3. The number of carboxylic acid groups (broad SMARTS) is 1. The van der Waals surface area contributed by atoms with Crippen molar-refractivity contribution in [2.75, 3.05) is 0 Å². The summed E-state index contributed by atoms with van der Waals surface area (Å²) in [5.74, 6) is 1.30. The first-order valence-electron chi connectivity index (χ1n) is 14.0. The molecule has 0 spiro atoms. The van der Waals surface area contributed by atoms with Gasteiger partial charge in [-0.15, -0.1) is 0 Å². The molecule has 5 rings (SSSR count). The van der Waals surface area contributed by atoms with Gasteiger partial charge in [0, 0.05) is 0 Å². The lowest BCUT2D eigenvalue weighted by Gasteiger charge is -2.71. The van der Waals surface area contributed by atoms with Gasteiger partial charge < -0.3 is 15.3 Å². The molecule has 0 heterocycles. The lowest BCUT2D eigenvalue weighted by atomic mass is 9.33. The van der Waals surface area contributed by atoms with Gasteiger partial charge in [-0.05, 0) is 103 Å². The molecule has 0 radical (unpaired) electrons. The molecule has 0 aromatic rings. The number of carboxylic acids is 1. The number of allylic oxidation sites excluding steroid dienone is 2. The molecular weight excluding hydrogens is 424 g/mol. The van der Waals surface area contributed by atoms with Crippen LogP contribution in [0.3, 0.4) is 0 Å². The molecule has 4 nitrogen and oxygen atoms in total. The van der Waals surface area contributed by atoms with E-state index >= 15 is 0 Å². The smallest absolute Gasteiger partial charge is 0.310 e. The summed E-state index contributed by atoms with van der Waals surface area (Å²) in [6, 6.07) is 0. The van der Waals surface area contributed by atoms with E-state index in [0.29, 0.717) is 30.1 Å². The van der Waals surface area contributed by atoms with Crippen molar-refractivity contribution < 1.29 is 20.1 Å². The van der Waals surface area contributed by atoms with Crippen molar-refractivity contribution in [1.82, 2.24) is 0 Å². The van der Waals surface area contributed by atoms with Crippen molar-refractivity contribution in [2.45, 2.75) is 112 Å². The Morgan fingerprint density at radius 2 is 1.62 bits per heavy atom. The Kier molecular flexibility index (Phi) is 5.36. The highest BCUT2D eigenvalue weighted by Gasteiger charge is 2.70. The number of fused-ring (bicyclic) bond motifs is 7. The predicted molar refractivity (Wildman–Crippen MR) is 134 cm³/mol. The molecule has 34 heavy (non-hydrogen) atoms. The second-order valence-corrected chi connectivity index (χ2v) is 14.6. The lowest BCUT2D eigenvalue weighted by Crippen LogP contribution is -2.67. The average molecular weight is 473 g/mol. The van der Waals surface area contributed by atoms with Crippen molar-refractivity contribution in [2.24, 2.45) is 56.7 Å². The average Bonchev–Trinajstić information content (AvgIpc) is 2.75. The van der Waals surface area contributed by atoms with Gasteiger partial charge in [0.25, 0.3) is 0 Å².